The number of rotatable bonds is 26. The van der Waals surface area contributed by atoms with E-state index in [1.165, 1.54) is 25.7 Å². The first-order valence-corrected chi connectivity index (χ1v) is 16.5. The predicted molar refractivity (Wildman–Crippen MR) is 161 cm³/mol. The van der Waals surface area contributed by atoms with Gasteiger partial charge in [-0.3, -0.25) is 14.1 Å². The molecule has 0 aromatic heterocycles. The van der Waals surface area contributed by atoms with E-state index < -0.39 is 32.5 Å². The number of carbonyl (C=O) groups excluding carboxylic acids is 2. The molecule has 0 unspecified atom stereocenters. The number of allylic oxidation sites excluding steroid dienone is 8. The van der Waals surface area contributed by atoms with Crippen LogP contribution in [-0.2, 0) is 28.2 Å². The van der Waals surface area contributed by atoms with Crippen LogP contribution in [0.4, 0.5) is 0 Å². The Bertz CT molecular complexity index is 797. The molecule has 0 saturated carbocycles. The van der Waals surface area contributed by atoms with Crippen molar-refractivity contribution in [2.75, 3.05) is 13.2 Å². The molecule has 0 heterocycles. The Morgan fingerprint density at radius 3 is 1.73 bits per heavy atom. The first kappa shape index (κ1) is 38.0. The van der Waals surface area contributed by atoms with Gasteiger partial charge < -0.3 is 19.3 Å². The van der Waals surface area contributed by atoms with Crippen molar-refractivity contribution in [3.63, 3.8) is 0 Å². The van der Waals surface area contributed by atoms with Crippen molar-refractivity contribution in [3.8, 4) is 0 Å². The van der Waals surface area contributed by atoms with E-state index in [9.17, 15) is 14.2 Å². The third-order valence-electron chi connectivity index (χ3n) is 5.85. The number of esters is 2. The SMILES string of the molecule is CCCCC/C=C\C/C=C/C/C=C\C/C=C/CCCC(=O)O[C@H](COC(=O)CCCCCCC)COP(=O)(O)O. The molecule has 40 heavy (non-hydrogen) atoms. The van der Waals surface area contributed by atoms with Gasteiger partial charge >= 0.3 is 19.8 Å². The summed E-state index contributed by atoms with van der Waals surface area (Å²) in [5.41, 5.74) is 0. The standard InChI is InChI=1S/C31H53O8P/c1-3-5-7-9-10-11-12-13-14-15-16-17-18-19-20-22-24-26-31(33)39-29(28-38-40(34,35)36)27-37-30(32)25-23-21-8-6-4-2/h10-11,13-14,16-17,19-20,29H,3-9,12,15,18,21-28H2,1-2H3,(H2,34,35,36)/b11-10-,14-13+,17-16-,20-19+/t29-/m1/s1. The molecule has 0 rings (SSSR count). The molecule has 0 radical (unpaired) electrons. The summed E-state index contributed by atoms with van der Waals surface area (Å²) >= 11 is 0. The monoisotopic (exact) mass is 584 g/mol. The van der Waals surface area contributed by atoms with E-state index >= 15 is 0 Å². The largest absolute Gasteiger partial charge is 0.469 e. The fourth-order valence-corrected chi connectivity index (χ4v) is 3.96. The molecule has 1 atom stereocenters. The molecule has 230 valence electrons. The maximum atomic E-state index is 12.2. The summed E-state index contributed by atoms with van der Waals surface area (Å²) in [6.45, 7) is 3.46. The minimum absolute atomic E-state index is 0.135. The smallest absolute Gasteiger partial charge is 0.462 e. The molecule has 9 heteroatoms. The van der Waals surface area contributed by atoms with Crippen LogP contribution in [0.2, 0.25) is 0 Å². The second-order valence-electron chi connectivity index (χ2n) is 9.73. The van der Waals surface area contributed by atoms with Crippen LogP contribution in [-0.4, -0.2) is 41.0 Å². The van der Waals surface area contributed by atoms with Gasteiger partial charge in [0.15, 0.2) is 6.10 Å². The lowest BCUT2D eigenvalue weighted by molar-refractivity contribution is -0.161. The average molecular weight is 585 g/mol. The summed E-state index contributed by atoms with van der Waals surface area (Å²) < 4.78 is 25.9. The third-order valence-corrected chi connectivity index (χ3v) is 6.34. The summed E-state index contributed by atoms with van der Waals surface area (Å²) in [4.78, 5) is 42.0. The van der Waals surface area contributed by atoms with E-state index in [2.05, 4.69) is 54.8 Å². The number of phosphoric ester groups is 1. The lowest BCUT2D eigenvalue weighted by Gasteiger charge is -2.18. The normalized spacial score (nSPS) is 13.2. The molecule has 0 aliphatic rings. The van der Waals surface area contributed by atoms with Crippen molar-refractivity contribution in [2.45, 2.75) is 123 Å². The van der Waals surface area contributed by atoms with Crippen molar-refractivity contribution >= 4 is 19.8 Å². The molecule has 0 aliphatic carbocycles. The highest BCUT2D eigenvalue weighted by atomic mass is 31.2. The summed E-state index contributed by atoms with van der Waals surface area (Å²) in [5.74, 6) is -0.972. The van der Waals surface area contributed by atoms with Crippen LogP contribution in [0.3, 0.4) is 0 Å². The number of carbonyl (C=O) groups is 2. The van der Waals surface area contributed by atoms with Gasteiger partial charge in [-0.2, -0.15) is 0 Å². The van der Waals surface area contributed by atoms with Gasteiger partial charge in [-0.1, -0.05) is 101 Å². The Labute approximate surface area is 242 Å². The topological polar surface area (TPSA) is 119 Å². The third kappa shape index (κ3) is 29.0. The quantitative estimate of drug-likeness (QED) is 0.0453. The van der Waals surface area contributed by atoms with E-state index in [4.69, 9.17) is 19.3 Å². The van der Waals surface area contributed by atoms with E-state index in [0.717, 1.165) is 44.9 Å². The van der Waals surface area contributed by atoms with Crippen molar-refractivity contribution in [2.24, 2.45) is 0 Å². The lowest BCUT2D eigenvalue weighted by Crippen LogP contribution is -2.29. The molecule has 0 amide bonds. The average Bonchev–Trinajstić information content (AvgIpc) is 2.91. The Morgan fingerprint density at radius 1 is 0.650 bits per heavy atom. The highest BCUT2D eigenvalue weighted by Crippen LogP contribution is 2.35. The molecule has 8 nitrogen and oxygen atoms in total. The Hall–Kier alpha value is -1.99. The molecule has 0 aliphatic heterocycles. The molecular weight excluding hydrogens is 531 g/mol. The first-order chi connectivity index (χ1) is 19.3. The second-order valence-corrected chi connectivity index (χ2v) is 11.0. The highest BCUT2D eigenvalue weighted by Gasteiger charge is 2.22. The van der Waals surface area contributed by atoms with E-state index in [1.807, 2.05) is 12.2 Å². The zero-order valence-corrected chi connectivity index (χ0v) is 25.6. The van der Waals surface area contributed by atoms with Crippen LogP contribution in [0.15, 0.2) is 48.6 Å². The number of phosphoric acid groups is 1. The number of hydrogen-bond donors (Lipinski definition) is 2. The van der Waals surface area contributed by atoms with Crippen LogP contribution in [0.25, 0.3) is 0 Å². The fraction of sp³-hybridized carbons (Fsp3) is 0.677. The molecule has 0 spiro atoms. The zero-order valence-electron chi connectivity index (χ0n) is 24.7. The predicted octanol–water partition coefficient (Wildman–Crippen LogP) is 8.06. The van der Waals surface area contributed by atoms with Gasteiger partial charge in [-0.25, -0.2) is 4.57 Å². The zero-order chi connectivity index (χ0) is 29.7. The van der Waals surface area contributed by atoms with Crippen molar-refractivity contribution in [3.05, 3.63) is 48.6 Å². The van der Waals surface area contributed by atoms with Crippen LogP contribution >= 0.6 is 7.82 Å². The van der Waals surface area contributed by atoms with Gasteiger partial charge in [-0.05, 0) is 51.4 Å². The molecular formula is C31H53O8P. The first-order valence-electron chi connectivity index (χ1n) is 14.9. The highest BCUT2D eigenvalue weighted by molar-refractivity contribution is 7.46. The van der Waals surface area contributed by atoms with Crippen molar-refractivity contribution in [1.29, 1.82) is 0 Å². The van der Waals surface area contributed by atoms with Crippen LogP contribution in [0.5, 0.6) is 0 Å². The minimum atomic E-state index is -4.75. The van der Waals surface area contributed by atoms with Gasteiger partial charge in [-0.15, -0.1) is 0 Å². The maximum Gasteiger partial charge on any atom is 0.469 e. The van der Waals surface area contributed by atoms with Gasteiger partial charge in [0.2, 0.25) is 0 Å². The summed E-state index contributed by atoms with van der Waals surface area (Å²) in [6.07, 6.45) is 30.3. The molecule has 0 fully saturated rings. The molecule has 2 N–H and O–H groups in total. The van der Waals surface area contributed by atoms with Crippen LogP contribution < -0.4 is 0 Å². The summed E-state index contributed by atoms with van der Waals surface area (Å²) in [7, 11) is -4.75. The Morgan fingerprint density at radius 2 is 1.15 bits per heavy atom. The Balaban J connectivity index is 4.14. The van der Waals surface area contributed by atoms with Crippen molar-refractivity contribution in [1.82, 2.24) is 0 Å². The summed E-state index contributed by atoms with van der Waals surface area (Å²) in [5, 5.41) is 0. The summed E-state index contributed by atoms with van der Waals surface area (Å²) in [6, 6.07) is 0. The van der Waals surface area contributed by atoms with Gasteiger partial charge in [0, 0.05) is 12.8 Å². The van der Waals surface area contributed by atoms with E-state index in [-0.39, 0.29) is 19.4 Å². The lowest BCUT2D eigenvalue weighted by atomic mass is 10.1. The maximum absolute atomic E-state index is 12.2. The van der Waals surface area contributed by atoms with E-state index in [1.54, 1.807) is 0 Å². The van der Waals surface area contributed by atoms with E-state index in [0.29, 0.717) is 19.3 Å². The number of ether oxygens (including phenoxy) is 2. The fourth-order valence-electron chi connectivity index (χ4n) is 3.60. The second kappa shape index (κ2) is 27.2. The molecule has 0 aromatic carbocycles. The number of hydrogen-bond acceptors (Lipinski definition) is 6. The molecule has 0 aromatic rings. The minimum Gasteiger partial charge on any atom is -0.462 e. The molecule has 0 bridgehead atoms. The Kier molecular flexibility index (Phi) is 25.8. The van der Waals surface area contributed by atoms with Crippen LogP contribution in [0.1, 0.15) is 117 Å². The van der Waals surface area contributed by atoms with Gasteiger partial charge in [0.25, 0.3) is 0 Å². The van der Waals surface area contributed by atoms with Crippen LogP contribution in [0, 0.1) is 0 Å². The molecule has 0 saturated heterocycles. The number of unbranched alkanes of at least 4 members (excludes halogenated alkanes) is 8. The van der Waals surface area contributed by atoms with Crippen molar-refractivity contribution < 1.29 is 37.9 Å². The van der Waals surface area contributed by atoms with Gasteiger partial charge in [0.05, 0.1) is 6.61 Å². The van der Waals surface area contributed by atoms with Gasteiger partial charge in [0.1, 0.15) is 6.61 Å².